The summed E-state index contributed by atoms with van der Waals surface area (Å²) in [5.74, 6) is 1.71. The summed E-state index contributed by atoms with van der Waals surface area (Å²) in [4.78, 5) is 9.33. The normalized spacial score (nSPS) is 20.8. The van der Waals surface area contributed by atoms with Crippen LogP contribution in [0.2, 0.25) is 0 Å². The first-order chi connectivity index (χ1) is 13.3. The SMILES string of the molecule is CN=C(NCc1cc(-c2ccccc2)on1)N1CCC(N2CCOCC2)C1.I. The van der Waals surface area contributed by atoms with E-state index in [1.54, 1.807) is 0 Å². The Morgan fingerprint density at radius 2 is 2.00 bits per heavy atom. The standard InChI is InChI=1S/C20H27N5O2.HI/c1-21-20(25-8-7-18(15-25)24-9-11-26-12-10-24)22-14-17-13-19(27-23-17)16-5-3-2-4-6-16;/h2-6,13,18H,7-12,14-15H2,1H3,(H,21,22);1H. The lowest BCUT2D eigenvalue weighted by atomic mass is 10.2. The molecule has 28 heavy (non-hydrogen) atoms. The number of nitrogens with one attached hydrogen (secondary N) is 1. The van der Waals surface area contributed by atoms with Crippen LogP contribution >= 0.6 is 24.0 Å². The Bertz CT molecular complexity index is 761. The minimum absolute atomic E-state index is 0. The Morgan fingerprint density at radius 1 is 1.21 bits per heavy atom. The highest BCUT2D eigenvalue weighted by Crippen LogP contribution is 2.20. The molecule has 0 saturated carbocycles. The van der Waals surface area contributed by atoms with Gasteiger partial charge in [-0.2, -0.15) is 0 Å². The van der Waals surface area contributed by atoms with Crippen molar-refractivity contribution in [3.05, 3.63) is 42.1 Å². The van der Waals surface area contributed by atoms with Crippen LogP contribution < -0.4 is 5.32 Å². The van der Waals surface area contributed by atoms with E-state index >= 15 is 0 Å². The first-order valence-electron chi connectivity index (χ1n) is 9.62. The second-order valence-corrected chi connectivity index (χ2v) is 6.99. The molecule has 1 atom stereocenters. The van der Waals surface area contributed by atoms with Gasteiger partial charge in [0.25, 0.3) is 0 Å². The van der Waals surface area contributed by atoms with Gasteiger partial charge in [-0.15, -0.1) is 24.0 Å². The molecule has 4 rings (SSSR count). The first-order valence-corrected chi connectivity index (χ1v) is 9.62. The average Bonchev–Trinajstić information content (AvgIpc) is 3.40. The van der Waals surface area contributed by atoms with Crippen LogP contribution in [0.4, 0.5) is 0 Å². The van der Waals surface area contributed by atoms with Crippen LogP contribution in [0.25, 0.3) is 11.3 Å². The molecule has 0 amide bonds. The van der Waals surface area contributed by atoms with Crippen molar-refractivity contribution < 1.29 is 9.26 Å². The summed E-state index contributed by atoms with van der Waals surface area (Å²) in [7, 11) is 1.84. The zero-order chi connectivity index (χ0) is 18.5. The fourth-order valence-corrected chi connectivity index (χ4v) is 3.81. The third kappa shape index (κ3) is 5.03. The number of aromatic nitrogens is 1. The van der Waals surface area contributed by atoms with E-state index in [-0.39, 0.29) is 24.0 Å². The monoisotopic (exact) mass is 497 g/mol. The van der Waals surface area contributed by atoms with Crippen LogP contribution in [0.5, 0.6) is 0 Å². The molecule has 0 bridgehead atoms. The van der Waals surface area contributed by atoms with Crippen LogP contribution in [-0.4, -0.2) is 73.4 Å². The van der Waals surface area contributed by atoms with Crippen LogP contribution in [0.3, 0.4) is 0 Å². The maximum absolute atomic E-state index is 5.48. The minimum Gasteiger partial charge on any atom is -0.379 e. The molecule has 2 aliphatic rings. The van der Waals surface area contributed by atoms with Crippen molar-refractivity contribution in [1.29, 1.82) is 0 Å². The molecule has 2 saturated heterocycles. The lowest BCUT2D eigenvalue weighted by molar-refractivity contribution is 0.0195. The Balaban J connectivity index is 0.00000225. The number of benzene rings is 1. The molecule has 152 valence electrons. The molecule has 8 heteroatoms. The van der Waals surface area contributed by atoms with Crippen LogP contribution in [0.1, 0.15) is 12.1 Å². The highest BCUT2D eigenvalue weighted by atomic mass is 127. The van der Waals surface area contributed by atoms with Gasteiger partial charge in [-0.1, -0.05) is 35.5 Å². The summed E-state index contributed by atoms with van der Waals surface area (Å²) >= 11 is 0. The summed E-state index contributed by atoms with van der Waals surface area (Å²) in [6.45, 7) is 6.39. The Morgan fingerprint density at radius 3 is 2.75 bits per heavy atom. The van der Waals surface area contributed by atoms with Crippen molar-refractivity contribution in [3.63, 3.8) is 0 Å². The molecule has 2 fully saturated rings. The molecule has 0 radical (unpaired) electrons. The number of guanidine groups is 1. The molecule has 1 aromatic carbocycles. The number of hydrogen-bond acceptors (Lipinski definition) is 5. The molecule has 1 aromatic heterocycles. The van der Waals surface area contributed by atoms with Gasteiger partial charge in [0.15, 0.2) is 11.7 Å². The molecular weight excluding hydrogens is 469 g/mol. The predicted octanol–water partition coefficient (Wildman–Crippen LogP) is 2.44. The third-order valence-corrected chi connectivity index (χ3v) is 5.28. The van der Waals surface area contributed by atoms with Crippen molar-refractivity contribution >= 4 is 29.9 Å². The smallest absolute Gasteiger partial charge is 0.194 e. The van der Waals surface area contributed by atoms with Crippen molar-refractivity contribution in [3.8, 4) is 11.3 Å². The van der Waals surface area contributed by atoms with Gasteiger partial charge in [-0.3, -0.25) is 9.89 Å². The summed E-state index contributed by atoms with van der Waals surface area (Å²) in [5.41, 5.74) is 1.91. The number of morpholine rings is 1. The molecule has 3 heterocycles. The maximum atomic E-state index is 5.48. The highest BCUT2D eigenvalue weighted by Gasteiger charge is 2.30. The Labute approximate surface area is 183 Å². The van der Waals surface area contributed by atoms with Crippen LogP contribution in [-0.2, 0) is 11.3 Å². The number of hydrogen-bond donors (Lipinski definition) is 1. The first kappa shape index (κ1) is 21.1. The van der Waals surface area contributed by atoms with Crippen LogP contribution in [0.15, 0.2) is 45.9 Å². The molecule has 1 unspecified atom stereocenters. The Hall–Kier alpha value is -1.65. The molecule has 7 nitrogen and oxygen atoms in total. The number of aliphatic imine (C=N–C) groups is 1. The van der Waals surface area contributed by atoms with Gasteiger partial charge in [-0.05, 0) is 6.42 Å². The predicted molar refractivity (Wildman–Crippen MR) is 120 cm³/mol. The second-order valence-electron chi connectivity index (χ2n) is 6.99. The van der Waals surface area contributed by atoms with E-state index in [1.165, 1.54) is 6.42 Å². The number of likely N-dealkylation sites (tertiary alicyclic amines) is 1. The van der Waals surface area contributed by atoms with E-state index in [4.69, 9.17) is 9.26 Å². The molecule has 2 aliphatic heterocycles. The van der Waals surface area contributed by atoms with Crippen molar-refractivity contribution in [2.75, 3.05) is 46.4 Å². The van der Waals surface area contributed by atoms with E-state index < -0.39 is 0 Å². The maximum Gasteiger partial charge on any atom is 0.194 e. The average molecular weight is 497 g/mol. The van der Waals surface area contributed by atoms with Gasteiger partial charge in [0.2, 0.25) is 0 Å². The number of ether oxygens (including phenoxy) is 1. The topological polar surface area (TPSA) is 66.1 Å². The van der Waals surface area contributed by atoms with E-state index in [1.807, 2.05) is 43.4 Å². The van der Waals surface area contributed by atoms with Crippen LogP contribution in [0, 0.1) is 0 Å². The van der Waals surface area contributed by atoms with Crippen molar-refractivity contribution in [1.82, 2.24) is 20.3 Å². The summed E-state index contributed by atoms with van der Waals surface area (Å²) < 4.78 is 10.9. The second kappa shape index (κ2) is 10.2. The van der Waals surface area contributed by atoms with E-state index in [2.05, 4.69) is 25.3 Å². The van der Waals surface area contributed by atoms with E-state index in [0.29, 0.717) is 12.6 Å². The Kier molecular flexibility index (Phi) is 7.69. The number of rotatable bonds is 4. The van der Waals surface area contributed by atoms with Gasteiger partial charge in [0, 0.05) is 50.9 Å². The lowest BCUT2D eigenvalue weighted by Gasteiger charge is -2.32. The summed E-state index contributed by atoms with van der Waals surface area (Å²) in [6, 6.07) is 12.6. The molecule has 0 spiro atoms. The number of nitrogens with zero attached hydrogens (tertiary/aromatic N) is 4. The molecule has 0 aliphatic carbocycles. The van der Waals surface area contributed by atoms with Crippen molar-refractivity contribution in [2.45, 2.75) is 19.0 Å². The van der Waals surface area contributed by atoms with Gasteiger partial charge in [-0.25, -0.2) is 0 Å². The van der Waals surface area contributed by atoms with Gasteiger partial charge in [0.05, 0.1) is 19.8 Å². The summed E-state index contributed by atoms with van der Waals surface area (Å²) in [5, 5.41) is 7.61. The van der Waals surface area contributed by atoms with Gasteiger partial charge in [0.1, 0.15) is 5.69 Å². The minimum atomic E-state index is 0. The van der Waals surface area contributed by atoms with E-state index in [0.717, 1.165) is 62.4 Å². The largest absolute Gasteiger partial charge is 0.379 e. The lowest BCUT2D eigenvalue weighted by Crippen LogP contribution is -2.46. The van der Waals surface area contributed by atoms with Gasteiger partial charge >= 0.3 is 0 Å². The van der Waals surface area contributed by atoms with Gasteiger partial charge < -0.3 is 19.5 Å². The molecule has 1 N–H and O–H groups in total. The number of halogens is 1. The zero-order valence-corrected chi connectivity index (χ0v) is 18.5. The molecular formula is C20H28IN5O2. The molecule has 2 aromatic rings. The zero-order valence-electron chi connectivity index (χ0n) is 16.2. The third-order valence-electron chi connectivity index (χ3n) is 5.28. The van der Waals surface area contributed by atoms with E-state index in [9.17, 15) is 0 Å². The highest BCUT2D eigenvalue weighted by molar-refractivity contribution is 14.0. The summed E-state index contributed by atoms with van der Waals surface area (Å²) in [6.07, 6.45) is 1.17. The fourth-order valence-electron chi connectivity index (χ4n) is 3.81. The quantitative estimate of drug-likeness (QED) is 0.398. The fraction of sp³-hybridized carbons (Fsp3) is 0.500. The van der Waals surface area contributed by atoms with Crippen molar-refractivity contribution in [2.24, 2.45) is 4.99 Å².